The maximum absolute atomic E-state index is 12.2. The van der Waals surface area contributed by atoms with Crippen molar-refractivity contribution in [3.8, 4) is 0 Å². The van der Waals surface area contributed by atoms with E-state index in [0.717, 1.165) is 10.4 Å². The summed E-state index contributed by atoms with van der Waals surface area (Å²) in [7, 11) is 0. The summed E-state index contributed by atoms with van der Waals surface area (Å²) < 4.78 is 10.1. The second kappa shape index (κ2) is 9.10. The SMILES string of the molecule is CCOC(=O)c1c(NC(=O)COC(=O)c2ccncc2)sc(C)c1CC. The lowest BCUT2D eigenvalue weighted by Crippen LogP contribution is -2.22. The minimum atomic E-state index is -0.621. The van der Waals surface area contributed by atoms with Gasteiger partial charge < -0.3 is 14.8 Å². The van der Waals surface area contributed by atoms with Crippen molar-refractivity contribution >= 4 is 34.2 Å². The number of aryl methyl sites for hydroxylation is 1. The van der Waals surface area contributed by atoms with Gasteiger partial charge in [-0.05, 0) is 38.0 Å². The first-order chi connectivity index (χ1) is 12.5. The predicted molar refractivity (Wildman–Crippen MR) is 97.5 cm³/mol. The summed E-state index contributed by atoms with van der Waals surface area (Å²) in [6.07, 6.45) is 3.56. The van der Waals surface area contributed by atoms with Crippen LogP contribution in [0.4, 0.5) is 5.00 Å². The second-order valence-electron chi connectivity index (χ2n) is 5.28. The molecule has 0 saturated heterocycles. The first kappa shape index (κ1) is 19.6. The molecule has 0 unspecified atom stereocenters. The Bertz CT molecular complexity index is 801. The zero-order valence-corrected chi connectivity index (χ0v) is 15.6. The van der Waals surface area contributed by atoms with Gasteiger partial charge in [-0.15, -0.1) is 11.3 Å². The van der Waals surface area contributed by atoms with Crippen molar-refractivity contribution in [1.82, 2.24) is 4.98 Å². The molecule has 0 aromatic carbocycles. The van der Waals surface area contributed by atoms with Gasteiger partial charge in [-0.3, -0.25) is 9.78 Å². The van der Waals surface area contributed by atoms with E-state index in [1.54, 1.807) is 6.92 Å². The summed E-state index contributed by atoms with van der Waals surface area (Å²) in [6, 6.07) is 2.99. The number of aromatic nitrogens is 1. The average Bonchev–Trinajstić information content (AvgIpc) is 2.95. The fourth-order valence-electron chi connectivity index (χ4n) is 2.38. The van der Waals surface area contributed by atoms with Gasteiger partial charge >= 0.3 is 11.9 Å². The van der Waals surface area contributed by atoms with Gasteiger partial charge in [-0.2, -0.15) is 0 Å². The van der Waals surface area contributed by atoms with Crippen LogP contribution in [0.2, 0.25) is 0 Å². The lowest BCUT2D eigenvalue weighted by molar-refractivity contribution is -0.119. The lowest BCUT2D eigenvalue weighted by Gasteiger charge is -2.08. The fraction of sp³-hybridized carbons (Fsp3) is 0.333. The molecule has 0 aliphatic rings. The molecule has 0 bridgehead atoms. The minimum Gasteiger partial charge on any atom is -0.462 e. The highest BCUT2D eigenvalue weighted by Crippen LogP contribution is 2.34. The third-order valence-electron chi connectivity index (χ3n) is 3.55. The molecule has 0 spiro atoms. The second-order valence-corrected chi connectivity index (χ2v) is 6.50. The Morgan fingerprint density at radius 1 is 1.12 bits per heavy atom. The van der Waals surface area contributed by atoms with Crippen LogP contribution in [-0.4, -0.2) is 36.0 Å². The van der Waals surface area contributed by atoms with Gasteiger partial charge in [-0.25, -0.2) is 9.59 Å². The summed E-state index contributed by atoms with van der Waals surface area (Å²) in [5, 5.41) is 3.05. The molecule has 2 aromatic rings. The van der Waals surface area contributed by atoms with Crippen LogP contribution >= 0.6 is 11.3 Å². The van der Waals surface area contributed by atoms with Crippen molar-refractivity contribution in [2.24, 2.45) is 0 Å². The average molecular weight is 376 g/mol. The van der Waals surface area contributed by atoms with Gasteiger partial charge in [0, 0.05) is 17.3 Å². The Kier molecular flexibility index (Phi) is 6.85. The normalized spacial score (nSPS) is 10.3. The molecular weight excluding hydrogens is 356 g/mol. The van der Waals surface area contributed by atoms with Crippen LogP contribution in [0.25, 0.3) is 0 Å². The van der Waals surface area contributed by atoms with Gasteiger partial charge in [0.2, 0.25) is 0 Å². The number of hydrogen-bond donors (Lipinski definition) is 1. The van der Waals surface area contributed by atoms with E-state index in [-0.39, 0.29) is 6.61 Å². The van der Waals surface area contributed by atoms with E-state index in [1.165, 1.54) is 35.9 Å². The number of thiophene rings is 1. The smallest absolute Gasteiger partial charge is 0.341 e. The summed E-state index contributed by atoms with van der Waals surface area (Å²) in [4.78, 5) is 41.0. The first-order valence-electron chi connectivity index (χ1n) is 8.14. The number of nitrogens with one attached hydrogen (secondary N) is 1. The molecule has 0 atom stereocenters. The topological polar surface area (TPSA) is 94.6 Å². The number of esters is 2. The molecule has 0 fully saturated rings. The molecule has 0 saturated carbocycles. The Balaban J connectivity index is 2.06. The predicted octanol–water partition coefficient (Wildman–Crippen LogP) is 2.99. The number of anilines is 1. The highest BCUT2D eigenvalue weighted by molar-refractivity contribution is 7.16. The number of nitrogens with zero attached hydrogens (tertiary/aromatic N) is 1. The number of ether oxygens (including phenoxy) is 2. The maximum atomic E-state index is 12.2. The maximum Gasteiger partial charge on any atom is 0.341 e. The van der Waals surface area contributed by atoms with Crippen LogP contribution in [0.15, 0.2) is 24.5 Å². The largest absolute Gasteiger partial charge is 0.462 e. The molecule has 2 heterocycles. The van der Waals surface area contributed by atoms with E-state index >= 15 is 0 Å². The third-order valence-corrected chi connectivity index (χ3v) is 4.61. The number of pyridine rings is 1. The number of carbonyl (C=O) groups is 3. The molecule has 2 rings (SSSR count). The van der Waals surface area contributed by atoms with Gasteiger partial charge in [0.25, 0.3) is 5.91 Å². The zero-order valence-electron chi connectivity index (χ0n) is 14.8. The van der Waals surface area contributed by atoms with Crippen molar-refractivity contribution in [2.75, 3.05) is 18.5 Å². The van der Waals surface area contributed by atoms with Gasteiger partial charge in [0.05, 0.1) is 17.7 Å². The van der Waals surface area contributed by atoms with Gasteiger partial charge in [0.1, 0.15) is 5.00 Å². The lowest BCUT2D eigenvalue weighted by atomic mass is 10.1. The Hall–Kier alpha value is -2.74. The molecule has 8 heteroatoms. The van der Waals surface area contributed by atoms with Crippen LogP contribution in [-0.2, 0) is 20.7 Å². The molecule has 138 valence electrons. The molecule has 1 N–H and O–H groups in total. The monoisotopic (exact) mass is 376 g/mol. The summed E-state index contributed by atoms with van der Waals surface area (Å²) >= 11 is 1.30. The van der Waals surface area contributed by atoms with Crippen LogP contribution in [0.5, 0.6) is 0 Å². The molecule has 0 radical (unpaired) electrons. The highest BCUT2D eigenvalue weighted by Gasteiger charge is 2.23. The van der Waals surface area contributed by atoms with Crippen LogP contribution in [0, 0.1) is 6.92 Å². The number of hydrogen-bond acceptors (Lipinski definition) is 7. The number of rotatable bonds is 7. The van der Waals surface area contributed by atoms with Crippen molar-refractivity contribution in [2.45, 2.75) is 27.2 Å². The molecule has 2 aromatic heterocycles. The van der Waals surface area contributed by atoms with Crippen molar-refractivity contribution in [3.05, 3.63) is 46.1 Å². The van der Waals surface area contributed by atoms with Crippen molar-refractivity contribution in [1.29, 1.82) is 0 Å². The van der Waals surface area contributed by atoms with Crippen LogP contribution < -0.4 is 5.32 Å². The van der Waals surface area contributed by atoms with E-state index < -0.39 is 24.5 Å². The summed E-state index contributed by atoms with van der Waals surface area (Å²) in [5.41, 5.74) is 1.52. The Morgan fingerprint density at radius 3 is 2.42 bits per heavy atom. The Morgan fingerprint density at radius 2 is 1.81 bits per heavy atom. The molecule has 0 aliphatic heterocycles. The number of carbonyl (C=O) groups excluding carboxylic acids is 3. The quantitative estimate of drug-likeness (QED) is 0.747. The first-order valence-corrected chi connectivity index (χ1v) is 8.95. The van der Waals surface area contributed by atoms with Crippen LogP contribution in [0.1, 0.15) is 45.0 Å². The molecule has 1 amide bonds. The van der Waals surface area contributed by atoms with E-state index in [0.29, 0.717) is 22.5 Å². The standard InChI is InChI=1S/C18H20N2O5S/c1-4-13-11(3)26-16(15(13)18(23)24-5-2)20-14(21)10-25-17(22)12-6-8-19-9-7-12/h6-9H,4-5,10H2,1-3H3,(H,20,21). The van der Waals surface area contributed by atoms with E-state index in [1.807, 2.05) is 13.8 Å². The fourth-order valence-corrected chi connectivity index (χ4v) is 3.53. The van der Waals surface area contributed by atoms with Gasteiger partial charge in [0.15, 0.2) is 6.61 Å². The third kappa shape index (κ3) is 4.66. The molecule has 7 nitrogen and oxygen atoms in total. The zero-order chi connectivity index (χ0) is 19.1. The molecular formula is C18H20N2O5S. The summed E-state index contributed by atoms with van der Waals surface area (Å²) in [6.45, 7) is 5.32. The highest BCUT2D eigenvalue weighted by atomic mass is 32.1. The minimum absolute atomic E-state index is 0.244. The van der Waals surface area contributed by atoms with Crippen LogP contribution in [0.3, 0.4) is 0 Å². The molecule has 0 aliphatic carbocycles. The van der Waals surface area contributed by atoms with E-state index in [2.05, 4.69) is 10.3 Å². The summed E-state index contributed by atoms with van der Waals surface area (Å²) in [5.74, 6) is -1.62. The van der Waals surface area contributed by atoms with Crippen molar-refractivity contribution < 1.29 is 23.9 Å². The van der Waals surface area contributed by atoms with E-state index in [9.17, 15) is 14.4 Å². The van der Waals surface area contributed by atoms with Crippen molar-refractivity contribution in [3.63, 3.8) is 0 Å². The Labute approximate surface area is 155 Å². The van der Waals surface area contributed by atoms with Gasteiger partial charge in [-0.1, -0.05) is 6.92 Å². The van der Waals surface area contributed by atoms with E-state index in [4.69, 9.17) is 9.47 Å². The molecule has 26 heavy (non-hydrogen) atoms. The number of amides is 1.